The number of nitrogens with zero attached hydrogens (tertiary/aromatic N) is 5. The summed E-state index contributed by atoms with van der Waals surface area (Å²) < 4.78 is 4.43. The maximum atomic E-state index is 6.24. The first-order valence-electron chi connectivity index (χ1n) is 14.8. The summed E-state index contributed by atoms with van der Waals surface area (Å²) in [6, 6.07) is 51.2. The van der Waals surface area contributed by atoms with Crippen molar-refractivity contribution in [2.24, 2.45) is 4.99 Å². The molecule has 0 spiro atoms. The summed E-state index contributed by atoms with van der Waals surface area (Å²) in [5, 5.41) is 0. The van der Waals surface area contributed by atoms with E-state index in [0.29, 0.717) is 5.69 Å². The average molecular weight is 581 g/mol. The number of hydrogen-bond acceptors (Lipinski definition) is 4. The van der Waals surface area contributed by atoms with Crippen LogP contribution in [0.15, 0.2) is 157 Å². The van der Waals surface area contributed by atoms with Crippen LogP contribution < -0.4 is 5.73 Å². The van der Waals surface area contributed by atoms with Crippen LogP contribution in [-0.2, 0) is 0 Å². The van der Waals surface area contributed by atoms with Crippen LogP contribution in [-0.4, -0.2) is 25.3 Å². The number of hydrogen-bond donors (Lipinski definition) is 1. The van der Waals surface area contributed by atoms with Crippen LogP contribution in [0.3, 0.4) is 0 Å². The van der Waals surface area contributed by atoms with Gasteiger partial charge in [-0.05, 0) is 84.4 Å². The molecular formula is C39H28N6. The molecule has 0 saturated heterocycles. The predicted octanol–water partition coefficient (Wildman–Crippen LogP) is 9.03. The van der Waals surface area contributed by atoms with E-state index in [1.54, 1.807) is 0 Å². The number of aromatic nitrogens is 4. The number of fused-ring (bicyclic) bond motifs is 2. The molecule has 8 aromatic rings. The summed E-state index contributed by atoms with van der Waals surface area (Å²) in [6.45, 7) is 0. The number of aliphatic imine (C=N–C) groups is 1. The van der Waals surface area contributed by atoms with Crippen molar-refractivity contribution in [3.8, 4) is 34.2 Å². The van der Waals surface area contributed by atoms with Gasteiger partial charge < -0.3 is 5.73 Å². The molecule has 2 N–H and O–H groups in total. The first-order chi connectivity index (χ1) is 22.2. The number of nitrogen functional groups attached to an aromatic ring is 1. The Labute approximate surface area is 260 Å². The van der Waals surface area contributed by atoms with Crippen LogP contribution >= 0.6 is 0 Å². The zero-order valence-corrected chi connectivity index (χ0v) is 24.3. The third kappa shape index (κ3) is 4.84. The lowest BCUT2D eigenvalue weighted by Crippen LogP contribution is -2.01. The van der Waals surface area contributed by atoms with Gasteiger partial charge in [0.1, 0.15) is 11.6 Å². The van der Waals surface area contributed by atoms with Crippen molar-refractivity contribution in [1.29, 1.82) is 0 Å². The van der Waals surface area contributed by atoms with Gasteiger partial charge in [0.2, 0.25) is 0 Å². The van der Waals surface area contributed by atoms with E-state index in [-0.39, 0.29) is 0 Å². The van der Waals surface area contributed by atoms with E-state index in [1.165, 1.54) is 0 Å². The van der Waals surface area contributed by atoms with Crippen LogP contribution in [0.1, 0.15) is 5.56 Å². The highest BCUT2D eigenvalue weighted by molar-refractivity contribution is 5.91. The predicted molar refractivity (Wildman–Crippen MR) is 185 cm³/mol. The SMILES string of the molecule is Nc1ccccc1/N=C/c1cc(-c2nc3ccccc3n2-c2ccccc2)cc(-c2nc3ccccc3n2-c2ccccc2)c1. The van der Waals surface area contributed by atoms with E-state index in [0.717, 1.165) is 67.5 Å². The molecule has 0 unspecified atom stereocenters. The maximum Gasteiger partial charge on any atom is 0.145 e. The third-order valence-electron chi connectivity index (χ3n) is 7.91. The lowest BCUT2D eigenvalue weighted by atomic mass is 10.0. The molecule has 0 fully saturated rings. The minimum Gasteiger partial charge on any atom is -0.397 e. The summed E-state index contributed by atoms with van der Waals surface area (Å²) in [6.07, 6.45) is 1.86. The number of benzene rings is 6. The standard InChI is InChI=1S/C39H28N6/c40-32-17-7-8-18-33(32)41-26-27-23-28(38-42-34-19-9-11-21-36(34)44(38)30-13-3-1-4-14-30)25-29(24-27)39-43-35-20-10-12-22-37(35)45(39)31-15-5-2-6-16-31/h1-26H,40H2/b41-26+. The lowest BCUT2D eigenvalue weighted by molar-refractivity contribution is 1.09. The fourth-order valence-electron chi connectivity index (χ4n) is 5.85. The van der Waals surface area contributed by atoms with Gasteiger partial charge in [-0.25, -0.2) is 9.97 Å². The van der Waals surface area contributed by atoms with Gasteiger partial charge in [0.25, 0.3) is 0 Å². The molecule has 6 aromatic carbocycles. The molecule has 2 aromatic heterocycles. The second kappa shape index (κ2) is 11.1. The molecule has 0 aliphatic rings. The van der Waals surface area contributed by atoms with Crippen molar-refractivity contribution in [3.05, 3.63) is 157 Å². The van der Waals surface area contributed by atoms with Crippen molar-refractivity contribution in [1.82, 2.24) is 19.1 Å². The molecule has 6 nitrogen and oxygen atoms in total. The van der Waals surface area contributed by atoms with Gasteiger partial charge in [0.05, 0.1) is 33.4 Å². The van der Waals surface area contributed by atoms with E-state index in [1.807, 2.05) is 66.9 Å². The second-order valence-electron chi connectivity index (χ2n) is 10.9. The molecule has 0 saturated carbocycles. The molecule has 6 heteroatoms. The molecule has 8 rings (SSSR count). The van der Waals surface area contributed by atoms with Gasteiger partial charge in [-0.1, -0.05) is 72.8 Å². The van der Waals surface area contributed by atoms with E-state index >= 15 is 0 Å². The van der Waals surface area contributed by atoms with Crippen molar-refractivity contribution in [2.75, 3.05) is 5.73 Å². The van der Waals surface area contributed by atoms with Gasteiger partial charge in [0.15, 0.2) is 0 Å². The van der Waals surface area contributed by atoms with Crippen molar-refractivity contribution >= 4 is 39.7 Å². The average Bonchev–Trinajstić information content (AvgIpc) is 3.68. The smallest absolute Gasteiger partial charge is 0.145 e. The highest BCUT2D eigenvalue weighted by Crippen LogP contribution is 2.35. The Bertz CT molecular complexity index is 2200. The summed E-state index contributed by atoms with van der Waals surface area (Å²) >= 11 is 0. The van der Waals surface area contributed by atoms with Crippen LogP contribution in [0, 0.1) is 0 Å². The Kier molecular flexibility index (Phi) is 6.50. The zero-order chi connectivity index (χ0) is 30.2. The van der Waals surface area contributed by atoms with E-state index in [9.17, 15) is 0 Å². The van der Waals surface area contributed by atoms with Crippen LogP contribution in [0.5, 0.6) is 0 Å². The Morgan fingerprint density at radius 2 is 0.978 bits per heavy atom. The largest absolute Gasteiger partial charge is 0.397 e. The summed E-state index contributed by atoms with van der Waals surface area (Å²) in [4.78, 5) is 15.1. The molecule has 0 atom stereocenters. The summed E-state index contributed by atoms with van der Waals surface area (Å²) in [5.74, 6) is 1.67. The molecule has 0 aliphatic heterocycles. The molecule has 214 valence electrons. The first kappa shape index (κ1) is 26.4. The normalized spacial score (nSPS) is 11.6. The Hall–Kier alpha value is -6.27. The van der Waals surface area contributed by atoms with Crippen molar-refractivity contribution in [2.45, 2.75) is 0 Å². The minimum absolute atomic E-state index is 0.627. The van der Waals surface area contributed by atoms with E-state index < -0.39 is 0 Å². The Balaban J connectivity index is 1.40. The summed E-state index contributed by atoms with van der Waals surface area (Å²) in [7, 11) is 0. The van der Waals surface area contributed by atoms with Crippen LogP contribution in [0.2, 0.25) is 0 Å². The van der Waals surface area contributed by atoms with Crippen LogP contribution in [0.25, 0.3) is 56.2 Å². The second-order valence-corrected chi connectivity index (χ2v) is 10.9. The Morgan fingerprint density at radius 3 is 1.51 bits per heavy atom. The van der Waals surface area contributed by atoms with E-state index in [4.69, 9.17) is 20.7 Å². The lowest BCUT2D eigenvalue weighted by Gasteiger charge is -2.13. The van der Waals surface area contributed by atoms with Gasteiger partial charge in [-0.2, -0.15) is 0 Å². The number of anilines is 1. The molecule has 45 heavy (non-hydrogen) atoms. The third-order valence-corrected chi connectivity index (χ3v) is 7.91. The first-order valence-corrected chi connectivity index (χ1v) is 14.8. The van der Waals surface area contributed by atoms with Gasteiger partial charge in [0, 0.05) is 28.7 Å². The number of nitrogens with two attached hydrogens (primary N) is 1. The van der Waals surface area contributed by atoms with Gasteiger partial charge in [-0.3, -0.25) is 14.1 Å². The Morgan fingerprint density at radius 1 is 0.511 bits per heavy atom. The number of rotatable bonds is 6. The molecule has 2 heterocycles. The van der Waals surface area contributed by atoms with E-state index in [2.05, 4.69) is 100 Å². The quantitative estimate of drug-likeness (QED) is 0.158. The van der Waals surface area contributed by atoms with Gasteiger partial charge in [-0.15, -0.1) is 0 Å². The summed E-state index contributed by atoms with van der Waals surface area (Å²) in [5.41, 5.74) is 16.4. The zero-order valence-electron chi connectivity index (χ0n) is 24.3. The topological polar surface area (TPSA) is 74.0 Å². The molecular weight excluding hydrogens is 552 g/mol. The molecule has 0 aliphatic carbocycles. The van der Waals surface area contributed by atoms with Gasteiger partial charge >= 0.3 is 0 Å². The van der Waals surface area contributed by atoms with Crippen molar-refractivity contribution < 1.29 is 0 Å². The number of imidazole rings is 2. The highest BCUT2D eigenvalue weighted by atomic mass is 15.1. The molecule has 0 radical (unpaired) electrons. The fourth-order valence-corrected chi connectivity index (χ4v) is 5.85. The number of para-hydroxylation sites is 8. The monoisotopic (exact) mass is 580 g/mol. The molecule has 0 amide bonds. The highest BCUT2D eigenvalue weighted by Gasteiger charge is 2.19. The maximum absolute atomic E-state index is 6.24. The molecule has 0 bridgehead atoms. The van der Waals surface area contributed by atoms with Crippen LogP contribution in [0.4, 0.5) is 11.4 Å². The van der Waals surface area contributed by atoms with Crippen molar-refractivity contribution in [3.63, 3.8) is 0 Å². The fraction of sp³-hybridized carbons (Fsp3) is 0. The minimum atomic E-state index is 0.627.